The Morgan fingerprint density at radius 3 is 2.55 bits per heavy atom. The van der Waals surface area contributed by atoms with Crippen LogP contribution in [-0.2, 0) is 14.8 Å². The first-order chi connectivity index (χ1) is 9.38. The number of halogens is 1. The van der Waals surface area contributed by atoms with Crippen LogP contribution in [0.3, 0.4) is 0 Å². The molecule has 5 nitrogen and oxygen atoms in total. The van der Waals surface area contributed by atoms with Crippen molar-refractivity contribution in [1.82, 2.24) is 4.72 Å². The Hall–Kier alpha value is -0.630. The van der Waals surface area contributed by atoms with Crippen molar-refractivity contribution in [2.75, 3.05) is 13.2 Å². The molecule has 1 aliphatic rings. The molecule has 0 bridgehead atoms. The van der Waals surface area contributed by atoms with E-state index in [1.807, 2.05) is 24.3 Å². The minimum atomic E-state index is -3.33. The van der Waals surface area contributed by atoms with Gasteiger partial charge in [0.25, 0.3) is 0 Å². The van der Waals surface area contributed by atoms with Crippen LogP contribution in [0.1, 0.15) is 13.8 Å². The van der Waals surface area contributed by atoms with Crippen LogP contribution in [0.4, 0.5) is 0 Å². The molecule has 1 aromatic rings. The number of ether oxygens (including phenoxy) is 2. The molecule has 0 amide bonds. The molecule has 1 aromatic carbocycles. The van der Waals surface area contributed by atoms with Crippen molar-refractivity contribution >= 4 is 26.0 Å². The second-order valence-electron chi connectivity index (χ2n) is 4.97. The molecule has 2 rings (SSSR count). The van der Waals surface area contributed by atoms with Gasteiger partial charge in [0.1, 0.15) is 11.9 Å². The van der Waals surface area contributed by atoms with Gasteiger partial charge in [-0.15, -0.1) is 0 Å². The fourth-order valence-electron chi connectivity index (χ4n) is 1.80. The fraction of sp³-hybridized carbons (Fsp3) is 0.538. The van der Waals surface area contributed by atoms with Crippen LogP contribution in [0.2, 0.25) is 0 Å². The van der Waals surface area contributed by atoms with E-state index in [4.69, 9.17) is 9.47 Å². The number of hydrogen-bond donors (Lipinski definition) is 1. The molecule has 0 saturated carbocycles. The number of nitrogens with one attached hydrogen (secondary N) is 1. The molecule has 0 aromatic heterocycles. The summed E-state index contributed by atoms with van der Waals surface area (Å²) in [7, 11) is -3.33. The molecule has 1 fully saturated rings. The quantitative estimate of drug-likeness (QED) is 0.867. The molecule has 1 saturated heterocycles. The number of sulfonamides is 1. The highest BCUT2D eigenvalue weighted by Gasteiger charge is 2.34. The normalized spacial score (nSPS) is 23.2. The Morgan fingerprint density at radius 1 is 1.30 bits per heavy atom. The van der Waals surface area contributed by atoms with Crippen molar-refractivity contribution < 1.29 is 17.9 Å². The first kappa shape index (κ1) is 15.8. The van der Waals surface area contributed by atoms with Crippen LogP contribution in [0.5, 0.6) is 5.75 Å². The van der Waals surface area contributed by atoms with Gasteiger partial charge < -0.3 is 9.47 Å². The predicted molar refractivity (Wildman–Crippen MR) is 80.4 cm³/mol. The monoisotopic (exact) mass is 363 g/mol. The van der Waals surface area contributed by atoms with E-state index in [0.29, 0.717) is 19.0 Å². The number of benzene rings is 1. The maximum Gasteiger partial charge on any atom is 0.214 e. The summed E-state index contributed by atoms with van der Waals surface area (Å²) < 4.78 is 38.5. The maximum atomic E-state index is 11.9. The minimum Gasteiger partial charge on any atom is -0.486 e. The second-order valence-corrected chi connectivity index (χ2v) is 8.15. The Labute approximate surface area is 127 Å². The summed E-state index contributed by atoms with van der Waals surface area (Å²) in [6, 6.07) is 7.05. The van der Waals surface area contributed by atoms with E-state index in [2.05, 4.69) is 20.7 Å². The van der Waals surface area contributed by atoms with Crippen molar-refractivity contribution in [1.29, 1.82) is 0 Å². The zero-order chi connectivity index (χ0) is 14.8. The minimum absolute atomic E-state index is 0.315. The van der Waals surface area contributed by atoms with E-state index in [1.165, 1.54) is 0 Å². The van der Waals surface area contributed by atoms with Crippen LogP contribution in [0.25, 0.3) is 0 Å². The summed E-state index contributed by atoms with van der Waals surface area (Å²) in [5, 5.41) is -0.476. The smallest absolute Gasteiger partial charge is 0.214 e. The first-order valence-electron chi connectivity index (χ1n) is 6.39. The molecule has 0 unspecified atom stereocenters. The van der Waals surface area contributed by atoms with Gasteiger partial charge in [0.05, 0.1) is 24.5 Å². The lowest BCUT2D eigenvalue weighted by atomic mass is 10.2. The van der Waals surface area contributed by atoms with Crippen molar-refractivity contribution in [3.8, 4) is 5.75 Å². The molecule has 112 valence electrons. The second kappa shape index (κ2) is 6.43. The van der Waals surface area contributed by atoms with Gasteiger partial charge in [-0.2, -0.15) is 0 Å². The fourth-order valence-corrected chi connectivity index (χ4v) is 2.97. The Balaban J connectivity index is 2.02. The van der Waals surface area contributed by atoms with Crippen LogP contribution < -0.4 is 9.46 Å². The Morgan fingerprint density at radius 2 is 1.95 bits per heavy atom. The highest BCUT2D eigenvalue weighted by Crippen LogP contribution is 2.20. The van der Waals surface area contributed by atoms with Gasteiger partial charge in [-0.25, -0.2) is 13.1 Å². The molecule has 1 heterocycles. The summed E-state index contributed by atoms with van der Waals surface area (Å²) in [4.78, 5) is 0. The number of rotatable bonds is 5. The Kier molecular flexibility index (Phi) is 5.06. The van der Waals surface area contributed by atoms with Crippen molar-refractivity contribution in [3.05, 3.63) is 28.7 Å². The van der Waals surface area contributed by atoms with E-state index in [-0.39, 0.29) is 12.1 Å². The lowest BCUT2D eigenvalue weighted by molar-refractivity contribution is 0.140. The molecule has 7 heteroatoms. The van der Waals surface area contributed by atoms with Crippen molar-refractivity contribution in [2.45, 2.75) is 31.2 Å². The van der Waals surface area contributed by atoms with Crippen LogP contribution in [0.15, 0.2) is 28.7 Å². The molecule has 20 heavy (non-hydrogen) atoms. The van der Waals surface area contributed by atoms with E-state index >= 15 is 0 Å². The third-order valence-corrected chi connectivity index (χ3v) is 5.47. The summed E-state index contributed by atoms with van der Waals surface area (Å²) in [5.41, 5.74) is 0. The van der Waals surface area contributed by atoms with E-state index in [9.17, 15) is 8.42 Å². The van der Waals surface area contributed by atoms with Gasteiger partial charge in [0, 0.05) is 4.47 Å². The molecule has 0 spiro atoms. The summed E-state index contributed by atoms with van der Waals surface area (Å²) >= 11 is 3.35. The first-order valence-corrected chi connectivity index (χ1v) is 8.73. The molecule has 0 radical (unpaired) electrons. The van der Waals surface area contributed by atoms with Gasteiger partial charge in [0.2, 0.25) is 10.0 Å². The number of hydrogen-bond acceptors (Lipinski definition) is 4. The molecule has 2 atom stereocenters. The zero-order valence-corrected chi connectivity index (χ0v) is 13.8. The zero-order valence-electron chi connectivity index (χ0n) is 11.4. The van der Waals surface area contributed by atoms with Gasteiger partial charge >= 0.3 is 0 Å². The summed E-state index contributed by atoms with van der Waals surface area (Å²) in [6.07, 6.45) is -0.315. The molecule has 0 aliphatic carbocycles. The molecule has 1 aliphatic heterocycles. The lowest BCUT2D eigenvalue weighted by Gasteiger charge is -2.21. The Bertz CT molecular complexity index is 544. The van der Waals surface area contributed by atoms with E-state index < -0.39 is 15.3 Å². The topological polar surface area (TPSA) is 64.6 Å². The molecular formula is C13H18BrNO4S. The average Bonchev–Trinajstić information content (AvgIpc) is 2.79. The van der Waals surface area contributed by atoms with Crippen molar-refractivity contribution in [3.63, 3.8) is 0 Å². The average molecular weight is 364 g/mol. The molecule has 1 N–H and O–H groups in total. The van der Waals surface area contributed by atoms with Crippen molar-refractivity contribution in [2.24, 2.45) is 0 Å². The van der Waals surface area contributed by atoms with Gasteiger partial charge in [-0.3, -0.25) is 0 Å². The van der Waals surface area contributed by atoms with Gasteiger partial charge in [-0.1, -0.05) is 15.9 Å². The van der Waals surface area contributed by atoms with Gasteiger partial charge in [0.15, 0.2) is 0 Å². The van der Waals surface area contributed by atoms with E-state index in [1.54, 1.807) is 13.8 Å². The SMILES string of the molecule is CC(C)S(=O)(=O)N[C@@H]1COC[C@H]1Oc1ccc(Br)cc1. The largest absolute Gasteiger partial charge is 0.486 e. The van der Waals surface area contributed by atoms with Crippen LogP contribution >= 0.6 is 15.9 Å². The van der Waals surface area contributed by atoms with Crippen LogP contribution in [-0.4, -0.2) is 39.0 Å². The third-order valence-electron chi connectivity index (χ3n) is 3.07. The van der Waals surface area contributed by atoms with E-state index in [0.717, 1.165) is 4.47 Å². The highest BCUT2D eigenvalue weighted by atomic mass is 79.9. The third kappa shape index (κ3) is 3.94. The highest BCUT2D eigenvalue weighted by molar-refractivity contribution is 9.10. The summed E-state index contributed by atoms with van der Waals surface area (Å²) in [5.74, 6) is 0.692. The predicted octanol–water partition coefficient (Wildman–Crippen LogP) is 1.92. The molecular weight excluding hydrogens is 346 g/mol. The van der Waals surface area contributed by atoms with Crippen LogP contribution in [0, 0.1) is 0 Å². The lowest BCUT2D eigenvalue weighted by Crippen LogP contribution is -2.47. The summed E-state index contributed by atoms with van der Waals surface area (Å²) in [6.45, 7) is 3.99. The van der Waals surface area contributed by atoms with Gasteiger partial charge in [-0.05, 0) is 38.1 Å². The standard InChI is InChI=1S/C13H18BrNO4S/c1-9(2)20(16,17)15-12-7-18-8-13(12)19-11-5-3-10(14)4-6-11/h3-6,9,12-13,15H,7-8H2,1-2H3/t12-,13-/m1/s1. The maximum absolute atomic E-state index is 11.9.